The average Bonchev–Trinajstić information content (AvgIpc) is 3.17. The Bertz CT molecular complexity index is 1390. The van der Waals surface area contributed by atoms with Crippen molar-refractivity contribution in [3.8, 4) is 11.4 Å². The van der Waals surface area contributed by atoms with Gasteiger partial charge in [0, 0.05) is 30.5 Å². The Kier molecular flexibility index (Phi) is 7.79. The summed E-state index contributed by atoms with van der Waals surface area (Å²) in [5.41, 5.74) is -0.729. The number of nitrogens with zero attached hydrogens (tertiary/aromatic N) is 4. The fourth-order valence-electron chi connectivity index (χ4n) is 2.87. The molecule has 0 spiro atoms. The summed E-state index contributed by atoms with van der Waals surface area (Å²) in [6, 6.07) is 11.4. The number of hydrogen-bond donors (Lipinski definition) is 2. The third-order valence-electron chi connectivity index (χ3n) is 4.32. The molecule has 3 aromatic rings. The molecule has 0 fully saturated rings. The Labute approximate surface area is 209 Å². The summed E-state index contributed by atoms with van der Waals surface area (Å²) in [4.78, 5) is 13.8. The number of halogens is 4. The number of nitrogens with one attached hydrogen (secondary N) is 2. The fourth-order valence-corrected chi connectivity index (χ4v) is 3.52. The van der Waals surface area contributed by atoms with Gasteiger partial charge in [0.25, 0.3) is 10.0 Å². The van der Waals surface area contributed by atoms with Crippen molar-refractivity contribution in [1.82, 2.24) is 14.7 Å². The van der Waals surface area contributed by atoms with E-state index in [1.807, 2.05) is 0 Å². The lowest BCUT2D eigenvalue weighted by Crippen LogP contribution is -2.30. The van der Waals surface area contributed by atoms with Gasteiger partial charge in [-0.25, -0.2) is 17.9 Å². The summed E-state index contributed by atoms with van der Waals surface area (Å²) in [5, 5.41) is 9.14. The first kappa shape index (κ1) is 26.8. The number of alkyl halides is 3. The maximum atomic E-state index is 13.8. The number of amides is 1. The SMILES string of the molecule is CN(C)C(=NS(C)(=O)=O)Nc1cccc(NC(=O)Oc2cnn(-c3ccc(Cl)cc3)c2C(F)(F)F)c1. The maximum Gasteiger partial charge on any atom is 0.437 e. The largest absolute Gasteiger partial charge is 0.437 e. The molecule has 0 radical (unpaired) electrons. The molecule has 10 nitrogen and oxygen atoms in total. The van der Waals surface area contributed by atoms with Crippen molar-refractivity contribution in [2.24, 2.45) is 4.40 Å². The van der Waals surface area contributed by atoms with Gasteiger partial charge in [-0.3, -0.25) is 5.32 Å². The Morgan fingerprint density at radius 2 is 1.72 bits per heavy atom. The molecule has 0 unspecified atom stereocenters. The highest BCUT2D eigenvalue weighted by atomic mass is 35.5. The number of rotatable bonds is 5. The van der Waals surface area contributed by atoms with Crippen LogP contribution in [0.4, 0.5) is 29.3 Å². The first-order valence-corrected chi connectivity index (χ1v) is 12.2. The van der Waals surface area contributed by atoms with E-state index >= 15 is 0 Å². The lowest BCUT2D eigenvalue weighted by molar-refractivity contribution is -0.143. The van der Waals surface area contributed by atoms with Crippen LogP contribution in [-0.2, 0) is 16.2 Å². The van der Waals surface area contributed by atoms with Crippen LogP contribution in [-0.4, -0.2) is 55.5 Å². The Morgan fingerprint density at radius 1 is 1.11 bits per heavy atom. The van der Waals surface area contributed by atoms with Gasteiger partial charge in [-0.15, -0.1) is 4.40 Å². The molecule has 0 saturated carbocycles. The van der Waals surface area contributed by atoms with Gasteiger partial charge in [0.1, 0.15) is 0 Å². The van der Waals surface area contributed by atoms with E-state index in [1.54, 1.807) is 20.2 Å². The minimum atomic E-state index is -4.89. The zero-order chi connectivity index (χ0) is 26.7. The molecular weight excluding hydrogens is 525 g/mol. The first-order chi connectivity index (χ1) is 16.7. The smallest absolute Gasteiger partial charge is 0.406 e. The van der Waals surface area contributed by atoms with Crippen LogP contribution in [0, 0.1) is 0 Å². The van der Waals surface area contributed by atoms with E-state index in [0.717, 1.165) is 12.5 Å². The number of guanidine groups is 1. The van der Waals surface area contributed by atoms with Crippen molar-refractivity contribution in [3.63, 3.8) is 0 Å². The van der Waals surface area contributed by atoms with E-state index in [4.69, 9.17) is 16.3 Å². The highest BCUT2D eigenvalue weighted by Crippen LogP contribution is 2.38. The van der Waals surface area contributed by atoms with Gasteiger partial charge in [0.2, 0.25) is 5.96 Å². The molecule has 192 valence electrons. The number of ether oxygens (including phenoxy) is 1. The summed E-state index contributed by atoms with van der Waals surface area (Å²) in [6.45, 7) is 0. The monoisotopic (exact) mass is 544 g/mol. The number of hydrogen-bond acceptors (Lipinski definition) is 5. The molecular formula is C21H20ClF3N6O4S. The van der Waals surface area contributed by atoms with Gasteiger partial charge < -0.3 is 15.0 Å². The van der Waals surface area contributed by atoms with Gasteiger partial charge in [-0.05, 0) is 42.5 Å². The molecule has 0 aliphatic rings. The van der Waals surface area contributed by atoms with Crippen molar-refractivity contribution >= 4 is 45.1 Å². The number of aromatic nitrogens is 2. The zero-order valence-electron chi connectivity index (χ0n) is 19.0. The third kappa shape index (κ3) is 7.11. The Balaban J connectivity index is 1.81. The lowest BCUT2D eigenvalue weighted by Gasteiger charge is -2.17. The van der Waals surface area contributed by atoms with E-state index < -0.39 is 33.7 Å². The predicted molar refractivity (Wildman–Crippen MR) is 129 cm³/mol. The van der Waals surface area contributed by atoms with E-state index in [0.29, 0.717) is 15.4 Å². The molecule has 0 bridgehead atoms. The summed E-state index contributed by atoms with van der Waals surface area (Å²) in [7, 11) is -0.564. The van der Waals surface area contributed by atoms with Gasteiger partial charge >= 0.3 is 12.3 Å². The molecule has 36 heavy (non-hydrogen) atoms. The van der Waals surface area contributed by atoms with Crippen molar-refractivity contribution in [2.45, 2.75) is 6.18 Å². The van der Waals surface area contributed by atoms with Crippen LogP contribution in [0.3, 0.4) is 0 Å². The summed E-state index contributed by atoms with van der Waals surface area (Å²) >= 11 is 5.79. The van der Waals surface area contributed by atoms with Crippen LogP contribution < -0.4 is 15.4 Å². The normalized spacial score (nSPS) is 12.2. The molecule has 0 aliphatic heterocycles. The summed E-state index contributed by atoms with van der Waals surface area (Å²) in [6.07, 6.45) is -4.39. The third-order valence-corrected chi connectivity index (χ3v) is 5.08. The Morgan fingerprint density at radius 3 is 2.28 bits per heavy atom. The van der Waals surface area contributed by atoms with E-state index in [-0.39, 0.29) is 17.3 Å². The summed E-state index contributed by atoms with van der Waals surface area (Å²) in [5.74, 6) is -0.805. The van der Waals surface area contributed by atoms with Crippen molar-refractivity contribution < 1.29 is 31.1 Å². The number of benzene rings is 2. The van der Waals surface area contributed by atoms with Crippen LogP contribution in [0.15, 0.2) is 59.1 Å². The number of anilines is 2. The quantitative estimate of drug-likeness (QED) is 0.360. The van der Waals surface area contributed by atoms with Crippen LogP contribution in [0.1, 0.15) is 5.69 Å². The number of carbonyl (C=O) groups is 1. The zero-order valence-corrected chi connectivity index (χ0v) is 20.6. The topological polar surface area (TPSA) is 118 Å². The lowest BCUT2D eigenvalue weighted by atomic mass is 10.3. The second-order valence-corrected chi connectivity index (χ2v) is 9.59. The standard InChI is InChI=1S/C21H20ClF3N6O4S/c1-30(2)19(29-36(3,33)34)27-14-5-4-6-15(11-14)28-20(32)35-17-12-26-31(18(17)21(23,24)25)16-9-7-13(22)8-10-16/h4-12H,1-3H3,(H,27,29)(H,28,32). The predicted octanol–water partition coefficient (Wildman–Crippen LogP) is 4.44. The van der Waals surface area contributed by atoms with Gasteiger partial charge in [0.15, 0.2) is 11.4 Å². The second-order valence-electron chi connectivity index (χ2n) is 7.51. The van der Waals surface area contributed by atoms with Gasteiger partial charge in [0.05, 0.1) is 18.1 Å². The minimum Gasteiger partial charge on any atom is -0.406 e. The molecule has 3 rings (SSSR count). The van der Waals surface area contributed by atoms with E-state index in [2.05, 4.69) is 20.1 Å². The molecule has 0 atom stereocenters. The molecule has 0 aliphatic carbocycles. The van der Waals surface area contributed by atoms with Crippen molar-refractivity contribution in [2.75, 3.05) is 31.0 Å². The molecule has 15 heteroatoms. The fraction of sp³-hybridized carbons (Fsp3) is 0.190. The van der Waals surface area contributed by atoms with Crippen LogP contribution in [0.5, 0.6) is 5.75 Å². The van der Waals surface area contributed by atoms with Crippen molar-refractivity contribution in [3.05, 3.63) is 65.4 Å². The minimum absolute atomic E-state index is 0.00154. The van der Waals surface area contributed by atoms with E-state index in [1.165, 1.54) is 47.4 Å². The molecule has 2 aromatic carbocycles. The summed E-state index contributed by atoms with van der Waals surface area (Å²) < 4.78 is 73.4. The van der Waals surface area contributed by atoms with Crippen molar-refractivity contribution in [1.29, 1.82) is 0 Å². The number of carbonyl (C=O) groups excluding carboxylic acids is 1. The average molecular weight is 545 g/mol. The highest BCUT2D eigenvalue weighted by Gasteiger charge is 2.40. The molecule has 1 heterocycles. The number of sulfonamides is 1. The second kappa shape index (κ2) is 10.5. The maximum absolute atomic E-state index is 13.8. The first-order valence-electron chi connectivity index (χ1n) is 9.97. The molecule has 1 aromatic heterocycles. The van der Waals surface area contributed by atoms with Crippen LogP contribution in [0.2, 0.25) is 5.02 Å². The molecule has 2 N–H and O–H groups in total. The molecule has 1 amide bonds. The molecule has 0 saturated heterocycles. The highest BCUT2D eigenvalue weighted by molar-refractivity contribution is 7.89. The van der Waals surface area contributed by atoms with Gasteiger partial charge in [-0.1, -0.05) is 17.7 Å². The Hall–Kier alpha value is -3.78. The van der Waals surface area contributed by atoms with E-state index in [9.17, 15) is 26.4 Å². The van der Waals surface area contributed by atoms with Gasteiger partial charge in [-0.2, -0.15) is 18.3 Å². The van der Waals surface area contributed by atoms with Crippen LogP contribution >= 0.6 is 11.6 Å². The van der Waals surface area contributed by atoms with Crippen LogP contribution in [0.25, 0.3) is 5.69 Å².